The lowest BCUT2D eigenvalue weighted by Crippen LogP contribution is -2.30. The van der Waals surface area contributed by atoms with Crippen LogP contribution < -0.4 is 14.8 Å². The molecular weight excluding hydrogens is 587 g/mol. The Bertz CT molecular complexity index is 2080. The quantitative estimate of drug-likeness (QED) is 0.127. The Balaban J connectivity index is 1.81. The highest BCUT2D eigenvalue weighted by Crippen LogP contribution is 2.51. The van der Waals surface area contributed by atoms with Crippen molar-refractivity contribution in [3.8, 4) is 22.5 Å². The number of carbonyl (C=O) groups is 2. The summed E-state index contributed by atoms with van der Waals surface area (Å²) >= 11 is 13.5. The van der Waals surface area contributed by atoms with Crippen molar-refractivity contribution < 1.29 is 24.2 Å². The summed E-state index contributed by atoms with van der Waals surface area (Å²) in [5.41, 5.74) is 4.91. The lowest BCUT2D eigenvalue weighted by atomic mass is 9.84. The summed E-state index contributed by atoms with van der Waals surface area (Å²) in [5, 5.41) is 23.6. The van der Waals surface area contributed by atoms with Crippen LogP contribution in [0.15, 0.2) is 46.9 Å². The van der Waals surface area contributed by atoms with E-state index in [9.17, 15) is 19.8 Å². The van der Waals surface area contributed by atoms with Crippen molar-refractivity contribution in [2.24, 2.45) is 0 Å². The summed E-state index contributed by atoms with van der Waals surface area (Å²) in [7, 11) is 3.93. The number of rotatable bonds is 3. The molecule has 0 bridgehead atoms. The fourth-order valence-electron chi connectivity index (χ4n) is 7.06. The van der Waals surface area contributed by atoms with Gasteiger partial charge < -0.3 is 19.5 Å². The minimum atomic E-state index is -1.29. The third-order valence-corrected chi connectivity index (χ3v) is 9.52. The van der Waals surface area contributed by atoms with Crippen LogP contribution in [0.2, 0.25) is 10.0 Å². The van der Waals surface area contributed by atoms with E-state index in [1.54, 1.807) is 0 Å². The van der Waals surface area contributed by atoms with Crippen LogP contribution in [0.25, 0.3) is 44.2 Å². The Labute approximate surface area is 257 Å². The number of carboxylic acids is 2. The molecule has 0 spiro atoms. The van der Waals surface area contributed by atoms with Gasteiger partial charge in [-0.3, -0.25) is 0 Å². The zero-order chi connectivity index (χ0) is 30.2. The first-order valence-corrected chi connectivity index (χ1v) is 15.1. The van der Waals surface area contributed by atoms with Crippen LogP contribution in [-0.2, 0) is 12.8 Å². The summed E-state index contributed by atoms with van der Waals surface area (Å²) in [4.78, 5) is 27.7. The Kier molecular flexibility index (Phi) is 6.63. The molecule has 7 nitrogen and oxygen atoms in total. The van der Waals surface area contributed by atoms with Gasteiger partial charge in [-0.15, -0.1) is 0 Å². The van der Waals surface area contributed by atoms with Crippen LogP contribution in [0.3, 0.4) is 0 Å². The Morgan fingerprint density at radius 2 is 1.60 bits per heavy atom. The zero-order valence-electron chi connectivity index (χ0n) is 23.8. The maximum absolute atomic E-state index is 12.9. The van der Waals surface area contributed by atoms with Gasteiger partial charge in [0, 0.05) is 46.4 Å². The summed E-state index contributed by atoms with van der Waals surface area (Å²) in [6.07, 6.45) is 4.77. The van der Waals surface area contributed by atoms with Crippen LogP contribution in [-0.4, -0.2) is 49.3 Å². The smallest absolute Gasteiger partial charge is 0.337 e. The second kappa shape index (κ2) is 10.3. The maximum Gasteiger partial charge on any atom is 0.337 e. The molecule has 4 aliphatic rings. The van der Waals surface area contributed by atoms with Gasteiger partial charge in [-0.25, -0.2) is 14.2 Å². The topological polar surface area (TPSA) is 94.0 Å². The largest absolute Gasteiger partial charge is 0.478 e. The molecule has 3 heterocycles. The summed E-state index contributed by atoms with van der Waals surface area (Å²) < 4.78 is 8.89. The first kappa shape index (κ1) is 27.7. The molecule has 3 aromatic rings. The maximum atomic E-state index is 12.9. The molecule has 0 fully saturated rings. The SMILES string of the molecule is C[N+](C)=c1cc2oc3c4c5c(cc3c(-c3c(Cl)c(C(=O)O)cc(Cl)c3C(=O)O)c-2c2ccccc12)CCCCN5CCC4. The number of aromatic carboxylic acids is 2. The van der Waals surface area contributed by atoms with E-state index in [2.05, 4.69) is 11.0 Å². The van der Waals surface area contributed by atoms with Gasteiger partial charge in [0.1, 0.15) is 25.4 Å². The average Bonchev–Trinajstić information content (AvgIpc) is 3.19. The average molecular weight is 617 g/mol. The number of benzene rings is 4. The molecule has 0 radical (unpaired) electrons. The molecule has 0 aromatic heterocycles. The van der Waals surface area contributed by atoms with Crippen molar-refractivity contribution in [1.29, 1.82) is 0 Å². The third-order valence-electron chi connectivity index (χ3n) is 8.83. The molecule has 43 heavy (non-hydrogen) atoms. The normalized spacial score (nSPS) is 14.7. The fourth-order valence-corrected chi connectivity index (χ4v) is 7.67. The second-order valence-electron chi connectivity index (χ2n) is 11.6. The van der Waals surface area contributed by atoms with Crippen molar-refractivity contribution in [2.45, 2.75) is 32.1 Å². The molecular formula is C34H29Cl2N2O5+. The van der Waals surface area contributed by atoms with Gasteiger partial charge >= 0.3 is 11.9 Å². The summed E-state index contributed by atoms with van der Waals surface area (Å²) in [5.74, 6) is -2.04. The summed E-state index contributed by atoms with van der Waals surface area (Å²) in [6, 6.07) is 13.1. The van der Waals surface area contributed by atoms with Crippen LogP contribution >= 0.6 is 23.2 Å². The molecule has 0 amide bonds. The number of halogens is 2. The molecule has 3 aliphatic heterocycles. The molecule has 0 saturated heterocycles. The van der Waals surface area contributed by atoms with Crippen molar-refractivity contribution in [3.05, 3.63) is 80.1 Å². The molecule has 2 N–H and O–H groups in total. The first-order chi connectivity index (χ1) is 20.7. The number of fused-ring (bicyclic) bond motifs is 5. The molecule has 9 heteroatoms. The molecule has 1 aliphatic carbocycles. The van der Waals surface area contributed by atoms with Gasteiger partial charge in [-0.1, -0.05) is 41.4 Å². The van der Waals surface area contributed by atoms with Crippen molar-refractivity contribution in [2.75, 3.05) is 32.1 Å². The highest BCUT2D eigenvalue weighted by molar-refractivity contribution is 6.41. The lowest BCUT2D eigenvalue weighted by Gasteiger charge is -2.33. The molecule has 7 rings (SSSR count). The number of hydrogen-bond acceptors (Lipinski definition) is 4. The Morgan fingerprint density at radius 1 is 0.860 bits per heavy atom. The van der Waals surface area contributed by atoms with E-state index in [4.69, 9.17) is 27.6 Å². The summed E-state index contributed by atoms with van der Waals surface area (Å²) in [6.45, 7) is 1.96. The first-order valence-electron chi connectivity index (χ1n) is 14.4. The minimum absolute atomic E-state index is 0.0843. The number of aryl methyl sites for hydroxylation is 2. The van der Waals surface area contributed by atoms with Gasteiger partial charge in [-0.2, -0.15) is 0 Å². The predicted octanol–water partition coefficient (Wildman–Crippen LogP) is 7.18. The van der Waals surface area contributed by atoms with E-state index in [1.807, 2.05) is 49.0 Å². The van der Waals surface area contributed by atoms with E-state index >= 15 is 0 Å². The van der Waals surface area contributed by atoms with Crippen LogP contribution in [0.1, 0.15) is 51.1 Å². The van der Waals surface area contributed by atoms with E-state index in [-0.39, 0.29) is 26.7 Å². The van der Waals surface area contributed by atoms with Gasteiger partial charge in [0.25, 0.3) is 0 Å². The van der Waals surface area contributed by atoms with Gasteiger partial charge in [0.05, 0.1) is 32.6 Å². The number of anilines is 1. The highest BCUT2D eigenvalue weighted by atomic mass is 35.5. The molecule has 0 unspecified atom stereocenters. The Hall–Kier alpha value is -4.07. The number of hydrogen-bond donors (Lipinski definition) is 2. The highest BCUT2D eigenvalue weighted by Gasteiger charge is 2.34. The zero-order valence-corrected chi connectivity index (χ0v) is 25.3. The molecule has 218 valence electrons. The standard InChI is InChI=1S/C34H28Cl2N2O5/c1-37(2)24-16-25-26(19-10-4-3-9-18(19)24)27(29-28(34(41)42)23(35)15-22(30(29)36)33(39)40)21-14-17-8-5-6-12-38-13-7-11-20(31(17)38)32(21)43-25/h3-4,9-10,14-16H,5-8,11-13H2,1-2H3,(H-,39,40,41,42)/p+1. The molecule has 0 saturated carbocycles. The van der Waals surface area contributed by atoms with E-state index in [0.717, 1.165) is 73.0 Å². The van der Waals surface area contributed by atoms with E-state index in [1.165, 1.54) is 11.3 Å². The van der Waals surface area contributed by atoms with Gasteiger partial charge in [0.15, 0.2) is 0 Å². The van der Waals surface area contributed by atoms with E-state index < -0.39 is 11.9 Å². The monoisotopic (exact) mass is 615 g/mol. The second-order valence-corrected chi connectivity index (χ2v) is 12.3. The van der Waals surface area contributed by atoms with Crippen LogP contribution in [0.5, 0.6) is 0 Å². The number of nitrogens with zero attached hydrogens (tertiary/aromatic N) is 2. The van der Waals surface area contributed by atoms with Gasteiger partial charge in [0.2, 0.25) is 5.36 Å². The fraction of sp³-hybridized carbons (Fsp3) is 0.265. The van der Waals surface area contributed by atoms with Gasteiger partial charge in [-0.05, 0) is 61.3 Å². The Morgan fingerprint density at radius 3 is 2.33 bits per heavy atom. The third kappa shape index (κ3) is 4.20. The van der Waals surface area contributed by atoms with Crippen molar-refractivity contribution in [1.82, 2.24) is 4.58 Å². The van der Waals surface area contributed by atoms with E-state index in [0.29, 0.717) is 27.9 Å². The minimum Gasteiger partial charge on any atom is -0.478 e. The van der Waals surface area contributed by atoms with Crippen molar-refractivity contribution in [3.63, 3.8) is 0 Å². The van der Waals surface area contributed by atoms with Crippen molar-refractivity contribution >= 4 is 62.6 Å². The predicted molar refractivity (Wildman–Crippen MR) is 170 cm³/mol. The lowest BCUT2D eigenvalue weighted by molar-refractivity contribution is 0.0682. The number of carboxylic acid groups (broad SMARTS) is 2. The molecule has 3 aromatic carbocycles. The van der Waals surface area contributed by atoms with Crippen LogP contribution in [0, 0.1) is 0 Å². The molecule has 0 atom stereocenters. The van der Waals surface area contributed by atoms with Crippen LogP contribution in [0.4, 0.5) is 5.69 Å².